The van der Waals surface area contributed by atoms with E-state index in [1.165, 1.54) is 18.2 Å². The minimum absolute atomic E-state index is 0. The minimum atomic E-state index is -2.91. The van der Waals surface area contributed by atoms with Crippen molar-refractivity contribution in [1.82, 2.24) is 15.3 Å². The number of fused-ring (bicyclic) bond motifs is 1. The van der Waals surface area contributed by atoms with E-state index in [-0.39, 0.29) is 52.7 Å². The van der Waals surface area contributed by atoms with Crippen LogP contribution in [0.15, 0.2) is 51.9 Å². The molecule has 1 aliphatic heterocycles. The van der Waals surface area contributed by atoms with Crippen molar-refractivity contribution in [1.29, 1.82) is 0 Å². The van der Waals surface area contributed by atoms with Gasteiger partial charge < -0.3 is 20.8 Å². The van der Waals surface area contributed by atoms with Gasteiger partial charge in [0, 0.05) is 48.3 Å². The fraction of sp³-hybridized carbons (Fsp3) is 0.261. The van der Waals surface area contributed by atoms with E-state index in [2.05, 4.69) is 15.3 Å². The molecule has 1 fully saturated rings. The van der Waals surface area contributed by atoms with E-state index in [0.29, 0.717) is 18.5 Å². The number of guanidine groups is 1. The topological polar surface area (TPSA) is 130 Å². The number of likely N-dealkylation sites (N-methyl/N-ethyl adjacent to an activating group) is 1. The molecule has 1 aromatic heterocycles. The Labute approximate surface area is 218 Å². The van der Waals surface area contributed by atoms with Crippen LogP contribution in [0.2, 0.25) is 0 Å². The van der Waals surface area contributed by atoms with Crippen LogP contribution in [0.25, 0.3) is 22.1 Å². The fourth-order valence-corrected chi connectivity index (χ4v) is 3.85. The van der Waals surface area contributed by atoms with Crippen molar-refractivity contribution in [2.75, 3.05) is 33.2 Å². The molecular weight excluding hydrogens is 517 g/mol. The number of para-hydroxylation sites is 1. The van der Waals surface area contributed by atoms with Crippen molar-refractivity contribution in [2.24, 2.45) is 16.5 Å². The molecule has 2 aromatic carbocycles. The average molecular weight is 543 g/mol. The number of amides is 2. The molecule has 9 nitrogen and oxygen atoms in total. The van der Waals surface area contributed by atoms with Crippen LogP contribution in [0, 0.1) is 0 Å². The molecule has 4 rings (SSSR count). The molecule has 36 heavy (non-hydrogen) atoms. The highest BCUT2D eigenvalue weighted by molar-refractivity contribution is 6.06. The van der Waals surface area contributed by atoms with E-state index < -0.39 is 30.0 Å². The molecule has 2 amide bonds. The summed E-state index contributed by atoms with van der Waals surface area (Å²) in [6.07, 6.45) is -2.91. The predicted molar refractivity (Wildman–Crippen MR) is 138 cm³/mol. The Kier molecular flexibility index (Phi) is 9.77. The number of nitrogens with two attached hydrogens (primary N) is 2. The smallest absolute Gasteiger partial charge is 0.296 e. The largest absolute Gasteiger partial charge is 0.454 e. The first-order chi connectivity index (χ1) is 16.2. The highest BCUT2D eigenvalue weighted by Gasteiger charge is 2.25. The van der Waals surface area contributed by atoms with Crippen molar-refractivity contribution in [3.05, 3.63) is 59.4 Å². The number of halogens is 4. The molecule has 5 N–H and O–H groups in total. The van der Waals surface area contributed by atoms with Gasteiger partial charge in [-0.15, -0.1) is 24.8 Å². The van der Waals surface area contributed by atoms with Crippen molar-refractivity contribution in [3.8, 4) is 11.1 Å². The van der Waals surface area contributed by atoms with Gasteiger partial charge in [0.1, 0.15) is 5.58 Å². The molecule has 2 heterocycles. The molecule has 194 valence electrons. The summed E-state index contributed by atoms with van der Waals surface area (Å²) in [5, 5.41) is 2.19. The Hall–Kier alpha value is -3.25. The number of alkyl halides is 2. The summed E-state index contributed by atoms with van der Waals surface area (Å²) < 4.78 is 33.1. The van der Waals surface area contributed by atoms with Gasteiger partial charge in [0.2, 0.25) is 0 Å². The average Bonchev–Trinajstić information content (AvgIpc) is 3.20. The van der Waals surface area contributed by atoms with Gasteiger partial charge in [0.15, 0.2) is 11.7 Å². The lowest BCUT2D eigenvalue weighted by atomic mass is 9.96. The zero-order valence-electron chi connectivity index (χ0n) is 19.2. The molecule has 0 spiro atoms. The van der Waals surface area contributed by atoms with Gasteiger partial charge in [-0.2, -0.15) is 4.99 Å². The summed E-state index contributed by atoms with van der Waals surface area (Å²) >= 11 is 0. The van der Waals surface area contributed by atoms with Crippen molar-refractivity contribution in [3.63, 3.8) is 0 Å². The zero-order chi connectivity index (χ0) is 24.4. The van der Waals surface area contributed by atoms with Crippen molar-refractivity contribution >= 4 is 53.6 Å². The first kappa shape index (κ1) is 29.0. The van der Waals surface area contributed by atoms with Gasteiger partial charge in [0.25, 0.3) is 18.2 Å². The van der Waals surface area contributed by atoms with Crippen LogP contribution in [0.5, 0.6) is 0 Å². The molecule has 0 unspecified atom stereocenters. The fourth-order valence-electron chi connectivity index (χ4n) is 3.85. The van der Waals surface area contributed by atoms with Crippen molar-refractivity contribution in [2.45, 2.75) is 6.43 Å². The molecule has 0 bridgehead atoms. The highest BCUT2D eigenvalue weighted by Crippen LogP contribution is 2.40. The Morgan fingerprint density at radius 1 is 1.03 bits per heavy atom. The Bertz CT molecular complexity index is 1270. The van der Waals surface area contributed by atoms with Gasteiger partial charge in [0.05, 0.1) is 0 Å². The van der Waals surface area contributed by atoms with Crippen LogP contribution in [0.4, 0.5) is 8.78 Å². The number of nitrogens with zero attached hydrogens (tertiary/aromatic N) is 3. The normalized spacial score (nSPS) is 14.1. The van der Waals surface area contributed by atoms with Crippen LogP contribution in [-0.2, 0) is 0 Å². The maximum absolute atomic E-state index is 13.9. The third kappa shape index (κ3) is 6.30. The second kappa shape index (κ2) is 12.1. The second-order valence-electron chi connectivity index (χ2n) is 8.01. The number of carbonyl (C=O) groups excluding carboxylic acids is 2. The number of benzene rings is 2. The summed E-state index contributed by atoms with van der Waals surface area (Å²) in [6, 6.07) is 10.7. The van der Waals surface area contributed by atoms with E-state index >= 15 is 0 Å². The molecule has 0 aliphatic carbocycles. The monoisotopic (exact) mass is 542 g/mol. The van der Waals surface area contributed by atoms with Crippen molar-refractivity contribution < 1.29 is 22.8 Å². The summed E-state index contributed by atoms with van der Waals surface area (Å²) in [6.45, 7) is 2.77. The predicted octanol–water partition coefficient (Wildman–Crippen LogP) is 3.19. The van der Waals surface area contributed by atoms with Gasteiger partial charge in [-0.3, -0.25) is 15.0 Å². The van der Waals surface area contributed by atoms with E-state index in [1.54, 1.807) is 29.3 Å². The number of carbonyl (C=O) groups is 2. The summed E-state index contributed by atoms with van der Waals surface area (Å²) in [5.74, 6) is -2.31. The zero-order valence-corrected chi connectivity index (χ0v) is 20.9. The number of hydrogen-bond acceptors (Lipinski definition) is 5. The van der Waals surface area contributed by atoms with Crippen LogP contribution in [0.1, 0.15) is 32.9 Å². The second-order valence-corrected chi connectivity index (χ2v) is 8.01. The number of furan rings is 1. The maximum atomic E-state index is 13.9. The third-order valence-corrected chi connectivity index (χ3v) is 5.55. The molecule has 3 aromatic rings. The third-order valence-electron chi connectivity index (χ3n) is 5.55. The molecule has 0 radical (unpaired) electrons. The number of hydrazine groups is 1. The Morgan fingerprint density at radius 3 is 2.31 bits per heavy atom. The number of piperazine rings is 1. The van der Waals surface area contributed by atoms with Crippen LogP contribution >= 0.6 is 24.8 Å². The Balaban J connectivity index is 0.00000228. The summed E-state index contributed by atoms with van der Waals surface area (Å²) in [4.78, 5) is 31.3. The number of hydrogen-bond donors (Lipinski definition) is 3. The molecule has 1 saturated heterocycles. The number of nitrogens with one attached hydrogen (secondary N) is 1. The van der Waals surface area contributed by atoms with Crippen LogP contribution in [0.3, 0.4) is 0 Å². The summed E-state index contributed by atoms with van der Waals surface area (Å²) in [5.41, 5.74) is 14.1. The standard InChI is InChI=1S/C23H24F2N6O3.2ClH/c1-30-6-8-31(9-7-30)29-22(33)15-11-13(10-14(12-15)21(32)28-23(26)27)18-16-4-2-3-5-17(16)34-19(18)20(24)25;;/h2-5,10-12,20H,6-9H2,1H3,(H,29,33)(H4,26,27,28,32);2*1H. The first-order valence-corrected chi connectivity index (χ1v) is 10.6. The van der Waals surface area contributed by atoms with E-state index in [9.17, 15) is 18.4 Å². The number of aliphatic imine (C=N–C) groups is 1. The lowest BCUT2D eigenvalue weighted by Crippen LogP contribution is -2.52. The summed E-state index contributed by atoms with van der Waals surface area (Å²) in [7, 11) is 1.99. The quantitative estimate of drug-likeness (QED) is 0.333. The molecular formula is C23H26Cl2F2N6O3. The SMILES string of the molecule is CN1CCN(NC(=O)c2cc(C(=O)N=C(N)N)cc(-c3c(C(F)F)oc4ccccc34)c2)CC1.Cl.Cl. The lowest BCUT2D eigenvalue weighted by molar-refractivity contribution is 0.0662. The van der Waals surface area contributed by atoms with Gasteiger partial charge in [-0.25, -0.2) is 13.8 Å². The van der Waals surface area contributed by atoms with Crippen LogP contribution < -0.4 is 16.9 Å². The first-order valence-electron chi connectivity index (χ1n) is 10.6. The molecule has 0 saturated carbocycles. The maximum Gasteiger partial charge on any atom is 0.296 e. The number of rotatable bonds is 5. The molecule has 1 aliphatic rings. The van der Waals surface area contributed by atoms with E-state index in [4.69, 9.17) is 15.9 Å². The molecule has 0 atom stereocenters. The van der Waals surface area contributed by atoms with Gasteiger partial charge in [-0.05, 0) is 36.9 Å². The minimum Gasteiger partial charge on any atom is -0.454 e. The van der Waals surface area contributed by atoms with Gasteiger partial charge in [-0.1, -0.05) is 18.2 Å². The Morgan fingerprint density at radius 2 is 1.67 bits per heavy atom. The van der Waals surface area contributed by atoms with Gasteiger partial charge >= 0.3 is 0 Å². The highest BCUT2D eigenvalue weighted by atomic mass is 35.5. The van der Waals surface area contributed by atoms with E-state index in [0.717, 1.165) is 13.1 Å². The van der Waals surface area contributed by atoms with E-state index in [1.807, 2.05) is 7.05 Å². The lowest BCUT2D eigenvalue weighted by Gasteiger charge is -2.32. The van der Waals surface area contributed by atoms with Crippen LogP contribution in [-0.4, -0.2) is 60.9 Å². The molecule has 13 heteroatoms.